The maximum Gasteiger partial charge on any atom is 0.256 e. The molecule has 34 heavy (non-hydrogen) atoms. The molecule has 3 N–H and O–H groups in total. The van der Waals surface area contributed by atoms with Gasteiger partial charge in [-0.2, -0.15) is 0 Å². The molecule has 3 heterocycles. The van der Waals surface area contributed by atoms with Crippen molar-refractivity contribution in [3.8, 4) is 22.8 Å². The SMILES string of the molecule is Cc1ccc(C(=O)Nc2cccc(-c3nccn3C(C)C)n2)cc1-c1cn(CC(O)CO)cn1. The molecule has 3 aromatic heterocycles. The van der Waals surface area contributed by atoms with Gasteiger partial charge in [-0.15, -0.1) is 0 Å². The van der Waals surface area contributed by atoms with Crippen LogP contribution in [0.4, 0.5) is 5.82 Å². The van der Waals surface area contributed by atoms with Gasteiger partial charge in [-0.05, 0) is 50.6 Å². The molecule has 0 aliphatic carbocycles. The monoisotopic (exact) mass is 460 g/mol. The Kier molecular flexibility index (Phi) is 6.85. The Morgan fingerprint density at radius 3 is 2.74 bits per heavy atom. The average molecular weight is 461 g/mol. The van der Waals surface area contributed by atoms with Crippen LogP contribution in [0.3, 0.4) is 0 Å². The number of rotatable bonds is 8. The number of aliphatic hydroxyl groups excluding tert-OH is 2. The van der Waals surface area contributed by atoms with Crippen LogP contribution < -0.4 is 5.32 Å². The third kappa shape index (κ3) is 5.05. The number of benzene rings is 1. The number of amides is 1. The van der Waals surface area contributed by atoms with Gasteiger partial charge in [0.1, 0.15) is 11.5 Å². The number of hydrogen-bond donors (Lipinski definition) is 3. The van der Waals surface area contributed by atoms with Gasteiger partial charge in [0.05, 0.1) is 31.3 Å². The highest BCUT2D eigenvalue weighted by molar-refractivity contribution is 6.04. The zero-order valence-electron chi connectivity index (χ0n) is 19.4. The summed E-state index contributed by atoms with van der Waals surface area (Å²) in [6, 6.07) is 11.1. The standard InChI is InChI=1S/C25H28N6O3/c1-16(2)31-10-9-26-24(31)21-5-4-6-23(28-21)29-25(34)18-8-7-17(3)20(11-18)22-13-30(15-27-22)12-19(33)14-32/h4-11,13,15-16,19,32-33H,12,14H2,1-3H3,(H,28,29,34). The maximum absolute atomic E-state index is 13.0. The first-order chi connectivity index (χ1) is 16.4. The van der Waals surface area contributed by atoms with Crippen LogP contribution >= 0.6 is 0 Å². The zero-order chi connectivity index (χ0) is 24.2. The van der Waals surface area contributed by atoms with Crippen LogP contribution in [0.1, 0.15) is 35.8 Å². The molecule has 1 atom stereocenters. The molecule has 0 aliphatic heterocycles. The topological polar surface area (TPSA) is 118 Å². The van der Waals surface area contributed by atoms with Crippen LogP contribution in [0, 0.1) is 6.92 Å². The Labute approximate surface area is 197 Å². The summed E-state index contributed by atoms with van der Waals surface area (Å²) in [4.78, 5) is 26.4. The Balaban J connectivity index is 1.55. The van der Waals surface area contributed by atoms with E-state index in [1.54, 1.807) is 41.5 Å². The quantitative estimate of drug-likeness (QED) is 0.371. The molecular formula is C25H28N6O3. The second-order valence-electron chi connectivity index (χ2n) is 8.44. The Bertz CT molecular complexity index is 1290. The van der Waals surface area contributed by atoms with E-state index in [2.05, 4.69) is 34.1 Å². The van der Waals surface area contributed by atoms with E-state index < -0.39 is 6.10 Å². The molecule has 4 rings (SSSR count). The van der Waals surface area contributed by atoms with Gasteiger partial charge in [-0.25, -0.2) is 15.0 Å². The summed E-state index contributed by atoms with van der Waals surface area (Å²) in [7, 11) is 0. The fraction of sp³-hybridized carbons (Fsp3) is 0.280. The summed E-state index contributed by atoms with van der Waals surface area (Å²) < 4.78 is 3.73. The number of nitrogens with zero attached hydrogens (tertiary/aromatic N) is 5. The first kappa shape index (κ1) is 23.3. The molecule has 0 fully saturated rings. The summed E-state index contributed by atoms with van der Waals surface area (Å²) in [5.41, 5.74) is 3.60. The number of carbonyl (C=O) groups excluding carboxylic acids is 1. The third-order valence-electron chi connectivity index (χ3n) is 5.49. The van der Waals surface area contributed by atoms with E-state index in [1.807, 2.05) is 35.9 Å². The molecule has 0 saturated heterocycles. The molecule has 0 spiro atoms. The van der Waals surface area contributed by atoms with Crippen molar-refractivity contribution in [1.29, 1.82) is 0 Å². The summed E-state index contributed by atoms with van der Waals surface area (Å²) in [5, 5.41) is 21.6. The fourth-order valence-electron chi connectivity index (χ4n) is 3.68. The van der Waals surface area contributed by atoms with Crippen molar-refractivity contribution in [1.82, 2.24) is 24.1 Å². The van der Waals surface area contributed by atoms with Crippen LogP contribution in [0.25, 0.3) is 22.8 Å². The van der Waals surface area contributed by atoms with Crippen LogP contribution in [-0.4, -0.2) is 52.9 Å². The number of imidazole rings is 2. The Morgan fingerprint density at radius 1 is 1.15 bits per heavy atom. The van der Waals surface area contributed by atoms with Crippen molar-refractivity contribution in [2.24, 2.45) is 0 Å². The molecule has 1 amide bonds. The van der Waals surface area contributed by atoms with E-state index in [4.69, 9.17) is 5.11 Å². The number of carbonyl (C=O) groups is 1. The molecule has 1 aromatic carbocycles. The highest BCUT2D eigenvalue weighted by Gasteiger charge is 2.15. The molecule has 1 unspecified atom stereocenters. The van der Waals surface area contributed by atoms with E-state index in [1.165, 1.54) is 0 Å². The lowest BCUT2D eigenvalue weighted by Crippen LogP contribution is -2.18. The summed E-state index contributed by atoms with van der Waals surface area (Å²) in [6.45, 7) is 6.00. The van der Waals surface area contributed by atoms with Gasteiger partial charge in [0.2, 0.25) is 0 Å². The van der Waals surface area contributed by atoms with Gasteiger partial charge < -0.3 is 24.7 Å². The van der Waals surface area contributed by atoms with Crippen LogP contribution in [0.15, 0.2) is 61.3 Å². The van der Waals surface area contributed by atoms with Crippen molar-refractivity contribution in [3.63, 3.8) is 0 Å². The minimum Gasteiger partial charge on any atom is -0.394 e. The molecule has 0 radical (unpaired) electrons. The summed E-state index contributed by atoms with van der Waals surface area (Å²) >= 11 is 0. The lowest BCUT2D eigenvalue weighted by atomic mass is 10.0. The van der Waals surface area contributed by atoms with E-state index in [0.29, 0.717) is 22.8 Å². The number of anilines is 1. The van der Waals surface area contributed by atoms with Crippen molar-refractivity contribution >= 4 is 11.7 Å². The number of nitrogens with one attached hydrogen (secondary N) is 1. The first-order valence-corrected chi connectivity index (χ1v) is 11.1. The molecule has 0 aliphatic rings. The average Bonchev–Trinajstić information content (AvgIpc) is 3.49. The molecular weight excluding hydrogens is 432 g/mol. The molecule has 9 heteroatoms. The number of aromatic nitrogens is 5. The lowest BCUT2D eigenvalue weighted by molar-refractivity contribution is 0.0812. The summed E-state index contributed by atoms with van der Waals surface area (Å²) in [6.07, 6.45) is 6.16. The van der Waals surface area contributed by atoms with E-state index >= 15 is 0 Å². The number of hydrogen-bond acceptors (Lipinski definition) is 6. The Morgan fingerprint density at radius 2 is 1.97 bits per heavy atom. The van der Waals surface area contributed by atoms with Crippen molar-refractivity contribution < 1.29 is 15.0 Å². The van der Waals surface area contributed by atoms with Gasteiger partial charge >= 0.3 is 0 Å². The predicted octanol–water partition coefficient (Wildman–Crippen LogP) is 3.30. The number of aliphatic hydroxyl groups is 2. The van der Waals surface area contributed by atoms with E-state index in [0.717, 1.165) is 17.0 Å². The molecule has 9 nitrogen and oxygen atoms in total. The van der Waals surface area contributed by atoms with E-state index in [-0.39, 0.29) is 25.1 Å². The van der Waals surface area contributed by atoms with Crippen LogP contribution in [0.5, 0.6) is 0 Å². The highest BCUT2D eigenvalue weighted by Crippen LogP contribution is 2.24. The largest absolute Gasteiger partial charge is 0.394 e. The van der Waals surface area contributed by atoms with Gasteiger partial charge in [-0.3, -0.25) is 4.79 Å². The normalized spacial score (nSPS) is 12.2. The van der Waals surface area contributed by atoms with Crippen LogP contribution in [-0.2, 0) is 6.54 Å². The number of pyridine rings is 1. The minimum absolute atomic E-state index is 0.235. The lowest BCUT2D eigenvalue weighted by Gasteiger charge is -2.12. The van der Waals surface area contributed by atoms with Crippen molar-refractivity contribution in [2.75, 3.05) is 11.9 Å². The molecule has 0 bridgehead atoms. The molecule has 0 saturated carbocycles. The van der Waals surface area contributed by atoms with Gasteiger partial charge in [0.25, 0.3) is 5.91 Å². The molecule has 4 aromatic rings. The number of aryl methyl sites for hydroxylation is 1. The summed E-state index contributed by atoms with van der Waals surface area (Å²) in [5.74, 6) is 0.893. The second kappa shape index (κ2) is 9.98. The zero-order valence-corrected chi connectivity index (χ0v) is 19.4. The first-order valence-electron chi connectivity index (χ1n) is 11.1. The predicted molar refractivity (Wildman–Crippen MR) is 129 cm³/mol. The van der Waals surface area contributed by atoms with E-state index in [9.17, 15) is 9.90 Å². The molecule has 176 valence electrons. The van der Waals surface area contributed by atoms with Gasteiger partial charge in [-0.1, -0.05) is 12.1 Å². The minimum atomic E-state index is -0.859. The van der Waals surface area contributed by atoms with Crippen LogP contribution in [0.2, 0.25) is 0 Å². The Hall–Kier alpha value is -3.82. The third-order valence-corrected chi connectivity index (χ3v) is 5.49. The fourth-order valence-corrected chi connectivity index (χ4v) is 3.68. The van der Waals surface area contributed by atoms with Crippen molar-refractivity contribution in [2.45, 2.75) is 39.5 Å². The van der Waals surface area contributed by atoms with Crippen molar-refractivity contribution in [3.05, 3.63) is 72.4 Å². The van der Waals surface area contributed by atoms with Gasteiger partial charge in [0.15, 0.2) is 5.82 Å². The maximum atomic E-state index is 13.0. The second-order valence-corrected chi connectivity index (χ2v) is 8.44. The van der Waals surface area contributed by atoms with Gasteiger partial charge in [0, 0.05) is 35.8 Å². The highest BCUT2D eigenvalue weighted by atomic mass is 16.3. The smallest absolute Gasteiger partial charge is 0.256 e.